The Balaban J connectivity index is 1.72. The number of benzene rings is 2. The fourth-order valence-corrected chi connectivity index (χ4v) is 2.51. The number of aromatic nitrogens is 2. The van der Waals surface area contributed by atoms with Crippen LogP contribution in [0.5, 0.6) is 11.5 Å². The molecule has 0 radical (unpaired) electrons. The first kappa shape index (κ1) is 12.2. The molecular weight excluding hydrogens is 271 g/mol. The smallest absolute Gasteiger partial charge is 0.163 e. The molecule has 1 N–H and O–H groups in total. The number of hydrogen-bond donors (Lipinski definition) is 1. The minimum Gasteiger partial charge on any atom is -0.486 e. The predicted molar refractivity (Wildman–Crippen MR) is 76.3 cm³/mol. The number of imidazole rings is 1. The summed E-state index contributed by atoms with van der Waals surface area (Å²) in [5.41, 5.74) is 2.28. The van der Waals surface area contributed by atoms with Gasteiger partial charge >= 0.3 is 0 Å². The van der Waals surface area contributed by atoms with Gasteiger partial charge in [-0.05, 0) is 11.6 Å². The Kier molecular flexibility index (Phi) is 2.77. The van der Waals surface area contributed by atoms with Crippen molar-refractivity contribution in [3.8, 4) is 11.5 Å². The lowest BCUT2D eigenvalue weighted by molar-refractivity contribution is 0.172. The van der Waals surface area contributed by atoms with E-state index in [4.69, 9.17) is 9.47 Å². The average Bonchev–Trinajstić information content (AvgIpc) is 2.88. The third-order valence-electron chi connectivity index (χ3n) is 3.51. The summed E-state index contributed by atoms with van der Waals surface area (Å²) in [7, 11) is 0. The summed E-state index contributed by atoms with van der Waals surface area (Å²) >= 11 is 0. The van der Waals surface area contributed by atoms with Crippen molar-refractivity contribution >= 4 is 11.0 Å². The molecule has 21 heavy (non-hydrogen) atoms. The monoisotopic (exact) mass is 284 g/mol. The Morgan fingerprint density at radius 1 is 1.10 bits per heavy atom. The molecule has 0 saturated heterocycles. The van der Waals surface area contributed by atoms with E-state index in [9.17, 15) is 4.39 Å². The number of H-pyrrole nitrogens is 1. The lowest BCUT2D eigenvalue weighted by Gasteiger charge is -2.17. The fourth-order valence-electron chi connectivity index (χ4n) is 2.51. The molecule has 0 saturated carbocycles. The standard InChI is InChI=1S/C16H13FN2O2/c17-11-4-2-1-3-10(11)7-16-18-12-8-14-15(9-13(12)19-16)21-6-5-20-14/h1-4,8-9H,5-7H2,(H,18,19). The number of ether oxygens (including phenoxy) is 2. The molecule has 106 valence electrons. The molecule has 1 aliphatic rings. The lowest BCUT2D eigenvalue weighted by atomic mass is 10.1. The number of nitrogens with zero attached hydrogens (tertiary/aromatic N) is 1. The van der Waals surface area contributed by atoms with E-state index in [1.807, 2.05) is 18.2 Å². The highest BCUT2D eigenvalue weighted by molar-refractivity contribution is 5.80. The van der Waals surface area contributed by atoms with E-state index in [0.717, 1.165) is 22.6 Å². The molecule has 0 atom stereocenters. The van der Waals surface area contributed by atoms with Gasteiger partial charge in [0.25, 0.3) is 0 Å². The summed E-state index contributed by atoms with van der Waals surface area (Å²) in [6.45, 7) is 1.10. The molecule has 0 bridgehead atoms. The van der Waals surface area contributed by atoms with Gasteiger partial charge in [0.1, 0.15) is 24.9 Å². The second kappa shape index (κ2) is 4.77. The summed E-state index contributed by atoms with van der Waals surface area (Å²) in [5, 5.41) is 0. The first-order valence-electron chi connectivity index (χ1n) is 6.81. The number of halogens is 1. The fraction of sp³-hybridized carbons (Fsp3) is 0.188. The second-order valence-corrected chi connectivity index (χ2v) is 4.96. The summed E-state index contributed by atoms with van der Waals surface area (Å²) in [6.07, 6.45) is 0.424. The molecule has 2 heterocycles. The number of aromatic amines is 1. The molecule has 3 aromatic rings. The Bertz CT molecular complexity index is 770. The van der Waals surface area contributed by atoms with Crippen molar-refractivity contribution in [2.75, 3.05) is 13.2 Å². The summed E-state index contributed by atoms with van der Waals surface area (Å²) in [6, 6.07) is 10.5. The largest absolute Gasteiger partial charge is 0.486 e. The maximum atomic E-state index is 13.7. The number of hydrogen-bond acceptors (Lipinski definition) is 3. The van der Waals surface area contributed by atoms with Crippen molar-refractivity contribution < 1.29 is 13.9 Å². The molecule has 0 spiro atoms. The molecule has 0 aliphatic carbocycles. The van der Waals surface area contributed by atoms with Crippen LogP contribution in [0.3, 0.4) is 0 Å². The molecule has 1 aliphatic heterocycles. The minimum atomic E-state index is -0.219. The highest BCUT2D eigenvalue weighted by Crippen LogP contribution is 2.33. The maximum absolute atomic E-state index is 13.7. The van der Waals surface area contributed by atoms with E-state index in [0.29, 0.717) is 30.9 Å². The van der Waals surface area contributed by atoms with E-state index < -0.39 is 0 Å². The zero-order chi connectivity index (χ0) is 14.2. The number of rotatable bonds is 2. The Morgan fingerprint density at radius 3 is 2.67 bits per heavy atom. The Hall–Kier alpha value is -2.56. The molecule has 0 fully saturated rings. The van der Waals surface area contributed by atoms with Gasteiger partial charge in [-0.3, -0.25) is 0 Å². The van der Waals surface area contributed by atoms with Gasteiger partial charge in [0.05, 0.1) is 11.0 Å². The van der Waals surface area contributed by atoms with Crippen molar-refractivity contribution in [1.82, 2.24) is 9.97 Å². The number of fused-ring (bicyclic) bond motifs is 2. The van der Waals surface area contributed by atoms with Crippen LogP contribution in [0.2, 0.25) is 0 Å². The van der Waals surface area contributed by atoms with Crippen molar-refractivity contribution in [2.45, 2.75) is 6.42 Å². The molecule has 2 aromatic carbocycles. The van der Waals surface area contributed by atoms with Crippen LogP contribution < -0.4 is 9.47 Å². The first-order chi connectivity index (χ1) is 10.3. The molecule has 4 rings (SSSR count). The topological polar surface area (TPSA) is 47.1 Å². The SMILES string of the molecule is Fc1ccccc1Cc1nc2cc3c(cc2[nH]1)OCCO3. The quantitative estimate of drug-likeness (QED) is 0.786. The molecule has 0 amide bonds. The lowest BCUT2D eigenvalue weighted by Crippen LogP contribution is -2.15. The Morgan fingerprint density at radius 2 is 1.86 bits per heavy atom. The van der Waals surface area contributed by atoms with Crippen LogP contribution in [0.1, 0.15) is 11.4 Å². The van der Waals surface area contributed by atoms with Gasteiger partial charge in [-0.2, -0.15) is 0 Å². The van der Waals surface area contributed by atoms with Gasteiger partial charge in [-0.15, -0.1) is 0 Å². The van der Waals surface area contributed by atoms with Gasteiger partial charge in [-0.25, -0.2) is 9.37 Å². The minimum absolute atomic E-state index is 0.219. The van der Waals surface area contributed by atoms with Gasteiger partial charge < -0.3 is 14.5 Å². The molecule has 4 nitrogen and oxygen atoms in total. The Labute approximate surface area is 120 Å². The summed E-state index contributed by atoms with van der Waals surface area (Å²) < 4.78 is 24.8. The van der Waals surface area contributed by atoms with Crippen molar-refractivity contribution in [3.63, 3.8) is 0 Å². The van der Waals surface area contributed by atoms with Gasteiger partial charge in [-0.1, -0.05) is 18.2 Å². The molecule has 5 heteroatoms. The van der Waals surface area contributed by atoms with Crippen LogP contribution in [0.4, 0.5) is 4.39 Å². The van der Waals surface area contributed by atoms with Crippen LogP contribution in [-0.4, -0.2) is 23.2 Å². The van der Waals surface area contributed by atoms with Crippen molar-refractivity contribution in [1.29, 1.82) is 0 Å². The second-order valence-electron chi connectivity index (χ2n) is 4.96. The normalized spacial score (nSPS) is 13.6. The summed E-state index contributed by atoms with van der Waals surface area (Å²) in [5.74, 6) is 1.92. The van der Waals surface area contributed by atoms with E-state index in [2.05, 4.69) is 9.97 Å². The maximum Gasteiger partial charge on any atom is 0.163 e. The van der Waals surface area contributed by atoms with Crippen LogP contribution in [0.15, 0.2) is 36.4 Å². The third kappa shape index (κ3) is 2.20. The average molecular weight is 284 g/mol. The molecular formula is C16H13FN2O2. The number of nitrogens with one attached hydrogen (secondary N) is 1. The predicted octanol–water partition coefficient (Wildman–Crippen LogP) is 3.06. The third-order valence-corrected chi connectivity index (χ3v) is 3.51. The zero-order valence-electron chi connectivity index (χ0n) is 11.2. The zero-order valence-corrected chi connectivity index (χ0v) is 11.2. The van der Waals surface area contributed by atoms with Crippen LogP contribution in [0, 0.1) is 5.82 Å². The highest BCUT2D eigenvalue weighted by atomic mass is 19.1. The van der Waals surface area contributed by atoms with Crippen molar-refractivity contribution in [2.24, 2.45) is 0 Å². The molecule has 1 aromatic heterocycles. The van der Waals surface area contributed by atoms with Crippen LogP contribution >= 0.6 is 0 Å². The van der Waals surface area contributed by atoms with E-state index in [-0.39, 0.29) is 5.82 Å². The van der Waals surface area contributed by atoms with Gasteiger partial charge in [0, 0.05) is 18.6 Å². The van der Waals surface area contributed by atoms with Crippen LogP contribution in [0.25, 0.3) is 11.0 Å². The first-order valence-corrected chi connectivity index (χ1v) is 6.81. The van der Waals surface area contributed by atoms with Crippen LogP contribution in [-0.2, 0) is 6.42 Å². The van der Waals surface area contributed by atoms with Gasteiger partial charge in [0.2, 0.25) is 0 Å². The van der Waals surface area contributed by atoms with E-state index in [1.165, 1.54) is 6.07 Å². The van der Waals surface area contributed by atoms with Crippen molar-refractivity contribution in [3.05, 3.63) is 53.6 Å². The molecule has 0 unspecified atom stereocenters. The summed E-state index contributed by atoms with van der Waals surface area (Å²) in [4.78, 5) is 7.71. The van der Waals surface area contributed by atoms with E-state index in [1.54, 1.807) is 12.1 Å². The highest BCUT2D eigenvalue weighted by Gasteiger charge is 2.15. The van der Waals surface area contributed by atoms with E-state index >= 15 is 0 Å². The van der Waals surface area contributed by atoms with Gasteiger partial charge in [0.15, 0.2) is 11.5 Å².